The van der Waals surface area contributed by atoms with Crippen LogP contribution in [-0.4, -0.2) is 26.6 Å². The van der Waals surface area contributed by atoms with E-state index in [9.17, 15) is 0 Å². The van der Waals surface area contributed by atoms with E-state index in [1.165, 1.54) is 6.33 Å². The van der Waals surface area contributed by atoms with Crippen molar-refractivity contribution < 1.29 is 0 Å². The molecule has 0 saturated heterocycles. The third-order valence-corrected chi connectivity index (χ3v) is 1.64. The van der Waals surface area contributed by atoms with Crippen molar-refractivity contribution in [2.75, 3.05) is 12.4 Å². The Morgan fingerprint density at radius 3 is 3.08 bits per heavy atom. The van der Waals surface area contributed by atoms with Crippen LogP contribution in [0.25, 0.3) is 5.78 Å². The van der Waals surface area contributed by atoms with Gasteiger partial charge in [0, 0.05) is 18.8 Å². The van der Waals surface area contributed by atoms with Crippen LogP contribution in [-0.2, 0) is 0 Å². The first-order chi connectivity index (χ1) is 5.81. The summed E-state index contributed by atoms with van der Waals surface area (Å²) >= 11 is 0. The molecular formula is C7H9N5. The van der Waals surface area contributed by atoms with Crippen molar-refractivity contribution in [3.63, 3.8) is 0 Å². The molecule has 5 nitrogen and oxygen atoms in total. The van der Waals surface area contributed by atoms with Crippen LogP contribution >= 0.6 is 0 Å². The molecule has 62 valence electrons. The highest BCUT2D eigenvalue weighted by molar-refractivity contribution is 5.43. The molecule has 5 heteroatoms. The summed E-state index contributed by atoms with van der Waals surface area (Å²) in [7, 11) is 1.84. The van der Waals surface area contributed by atoms with Crippen LogP contribution in [0.5, 0.6) is 0 Å². The lowest BCUT2D eigenvalue weighted by atomic mass is 10.4. The summed E-state index contributed by atoms with van der Waals surface area (Å²) in [5.41, 5.74) is 0.930. The lowest BCUT2D eigenvalue weighted by Gasteiger charge is -2.02. The Labute approximate surface area is 69.5 Å². The summed E-state index contributed by atoms with van der Waals surface area (Å²) in [6.07, 6.45) is 1.49. The Bertz CT molecular complexity index is 405. The van der Waals surface area contributed by atoms with Gasteiger partial charge in [-0.05, 0) is 6.92 Å². The second-order valence-electron chi connectivity index (χ2n) is 2.50. The third-order valence-electron chi connectivity index (χ3n) is 1.64. The van der Waals surface area contributed by atoms with Gasteiger partial charge in [0.15, 0.2) is 0 Å². The Morgan fingerprint density at radius 1 is 1.50 bits per heavy atom. The summed E-state index contributed by atoms with van der Waals surface area (Å²) in [4.78, 5) is 8.18. The van der Waals surface area contributed by atoms with Crippen LogP contribution in [0.2, 0.25) is 0 Å². The van der Waals surface area contributed by atoms with Crippen molar-refractivity contribution in [2.24, 2.45) is 0 Å². The lowest BCUT2D eigenvalue weighted by Crippen LogP contribution is -2.01. The number of nitrogens with zero attached hydrogens (tertiary/aromatic N) is 4. The minimum Gasteiger partial charge on any atom is -0.373 e. The van der Waals surface area contributed by atoms with E-state index in [1.54, 1.807) is 4.52 Å². The highest BCUT2D eigenvalue weighted by atomic mass is 15.3. The highest BCUT2D eigenvalue weighted by Gasteiger charge is 2.02. The van der Waals surface area contributed by atoms with Gasteiger partial charge in [-0.1, -0.05) is 0 Å². The molecule has 0 bridgehead atoms. The van der Waals surface area contributed by atoms with Gasteiger partial charge in [-0.15, -0.1) is 0 Å². The van der Waals surface area contributed by atoms with Crippen LogP contribution in [0, 0.1) is 6.92 Å². The van der Waals surface area contributed by atoms with Crippen molar-refractivity contribution >= 4 is 11.6 Å². The Balaban J connectivity index is 2.80. The van der Waals surface area contributed by atoms with Gasteiger partial charge in [-0.2, -0.15) is 14.6 Å². The van der Waals surface area contributed by atoms with Gasteiger partial charge in [0.25, 0.3) is 5.78 Å². The molecule has 0 aliphatic heterocycles. The molecule has 1 N–H and O–H groups in total. The minimum absolute atomic E-state index is 0.624. The van der Waals surface area contributed by atoms with E-state index >= 15 is 0 Å². The minimum atomic E-state index is 0.624. The summed E-state index contributed by atoms with van der Waals surface area (Å²) in [5.74, 6) is 1.52. The number of anilines is 1. The number of aromatic nitrogens is 4. The molecule has 0 amide bonds. The van der Waals surface area contributed by atoms with Gasteiger partial charge in [0.05, 0.1) is 0 Å². The molecule has 0 radical (unpaired) electrons. The van der Waals surface area contributed by atoms with Crippen molar-refractivity contribution in [3.8, 4) is 0 Å². The van der Waals surface area contributed by atoms with Crippen LogP contribution in [0.15, 0.2) is 12.4 Å². The maximum absolute atomic E-state index is 4.19. The molecule has 0 spiro atoms. The van der Waals surface area contributed by atoms with Gasteiger partial charge >= 0.3 is 0 Å². The normalized spacial score (nSPS) is 10.5. The fraction of sp³-hybridized carbons (Fsp3) is 0.286. The van der Waals surface area contributed by atoms with Crippen molar-refractivity contribution in [1.29, 1.82) is 0 Å². The molecule has 0 aromatic carbocycles. The van der Waals surface area contributed by atoms with Crippen LogP contribution < -0.4 is 5.32 Å². The first-order valence-electron chi connectivity index (χ1n) is 3.66. The fourth-order valence-electron chi connectivity index (χ4n) is 1.11. The topological polar surface area (TPSA) is 55.1 Å². The average molecular weight is 163 g/mol. The lowest BCUT2D eigenvalue weighted by molar-refractivity contribution is 0.933. The predicted octanol–water partition coefficient (Wildman–Crippen LogP) is 0.474. The number of aryl methyl sites for hydroxylation is 1. The zero-order chi connectivity index (χ0) is 8.55. The average Bonchev–Trinajstić information content (AvgIpc) is 2.50. The summed E-state index contributed by atoms with van der Waals surface area (Å²) in [6, 6.07) is 1.92. The third kappa shape index (κ3) is 0.903. The SMILES string of the molecule is CNc1cc(C)nc2ncnn12. The van der Waals surface area contributed by atoms with Crippen molar-refractivity contribution in [2.45, 2.75) is 6.92 Å². The Morgan fingerprint density at radius 2 is 2.33 bits per heavy atom. The molecule has 0 aliphatic carbocycles. The second kappa shape index (κ2) is 2.44. The molecule has 2 heterocycles. The zero-order valence-corrected chi connectivity index (χ0v) is 6.94. The van der Waals surface area contributed by atoms with Gasteiger partial charge < -0.3 is 5.32 Å². The van der Waals surface area contributed by atoms with Crippen molar-refractivity contribution in [1.82, 2.24) is 19.6 Å². The summed E-state index contributed by atoms with van der Waals surface area (Å²) in [5, 5.41) is 7.03. The van der Waals surface area contributed by atoms with Crippen LogP contribution in [0.4, 0.5) is 5.82 Å². The first kappa shape index (κ1) is 7.02. The number of hydrogen-bond donors (Lipinski definition) is 1. The molecule has 0 aliphatic rings. The fourth-order valence-corrected chi connectivity index (χ4v) is 1.11. The van der Waals surface area contributed by atoms with E-state index in [-0.39, 0.29) is 0 Å². The van der Waals surface area contributed by atoms with E-state index < -0.39 is 0 Å². The number of fused-ring (bicyclic) bond motifs is 1. The van der Waals surface area contributed by atoms with Crippen LogP contribution in [0.3, 0.4) is 0 Å². The smallest absolute Gasteiger partial charge is 0.254 e. The predicted molar refractivity (Wildman–Crippen MR) is 45.1 cm³/mol. The Kier molecular flexibility index (Phi) is 1.43. The van der Waals surface area contributed by atoms with Gasteiger partial charge in [-0.3, -0.25) is 0 Å². The molecule has 0 atom stereocenters. The first-order valence-corrected chi connectivity index (χ1v) is 3.66. The molecular weight excluding hydrogens is 154 g/mol. The van der Waals surface area contributed by atoms with E-state index in [0.29, 0.717) is 5.78 Å². The molecule has 0 fully saturated rings. The molecule has 12 heavy (non-hydrogen) atoms. The number of nitrogens with one attached hydrogen (secondary N) is 1. The second-order valence-corrected chi connectivity index (χ2v) is 2.50. The van der Waals surface area contributed by atoms with Crippen LogP contribution in [0.1, 0.15) is 5.69 Å². The largest absolute Gasteiger partial charge is 0.373 e. The number of hydrogen-bond acceptors (Lipinski definition) is 4. The van der Waals surface area contributed by atoms with E-state index in [2.05, 4.69) is 20.4 Å². The number of rotatable bonds is 1. The van der Waals surface area contributed by atoms with E-state index in [0.717, 1.165) is 11.5 Å². The van der Waals surface area contributed by atoms with Crippen molar-refractivity contribution in [3.05, 3.63) is 18.1 Å². The standard InChI is InChI=1S/C7H9N5/c1-5-3-6(8-2)12-7(11-5)9-4-10-12/h3-4,8H,1-2H3. The monoisotopic (exact) mass is 163 g/mol. The maximum Gasteiger partial charge on any atom is 0.254 e. The van der Waals surface area contributed by atoms with Gasteiger partial charge in [0.2, 0.25) is 0 Å². The quantitative estimate of drug-likeness (QED) is 0.664. The zero-order valence-electron chi connectivity index (χ0n) is 6.94. The molecule has 2 aromatic rings. The van der Waals surface area contributed by atoms with Gasteiger partial charge in [-0.25, -0.2) is 4.98 Å². The summed E-state index contributed by atoms with van der Waals surface area (Å²) < 4.78 is 1.66. The summed E-state index contributed by atoms with van der Waals surface area (Å²) in [6.45, 7) is 1.93. The molecule has 2 rings (SSSR count). The van der Waals surface area contributed by atoms with Gasteiger partial charge in [0.1, 0.15) is 12.1 Å². The molecule has 0 saturated carbocycles. The highest BCUT2D eigenvalue weighted by Crippen LogP contribution is 2.08. The van der Waals surface area contributed by atoms with E-state index in [4.69, 9.17) is 0 Å². The molecule has 0 unspecified atom stereocenters. The Hall–Kier alpha value is -1.65. The maximum atomic E-state index is 4.19. The van der Waals surface area contributed by atoms with E-state index in [1.807, 2.05) is 20.0 Å². The molecule has 2 aromatic heterocycles.